The zero-order valence-corrected chi connectivity index (χ0v) is 14.8. The van der Waals surface area contributed by atoms with Crippen LogP contribution in [0.2, 0.25) is 0 Å². The summed E-state index contributed by atoms with van der Waals surface area (Å²) in [6.45, 7) is 0. The maximum absolute atomic E-state index is 14.0. The summed E-state index contributed by atoms with van der Waals surface area (Å²) < 4.78 is 63.2. The number of alkyl halides is 2. The van der Waals surface area contributed by atoms with E-state index in [9.17, 15) is 17.4 Å². The summed E-state index contributed by atoms with van der Waals surface area (Å²) in [5.41, 5.74) is 0.261. The van der Waals surface area contributed by atoms with Gasteiger partial charge < -0.3 is 4.74 Å². The van der Waals surface area contributed by atoms with Gasteiger partial charge in [-0.05, 0) is 29.8 Å². The van der Waals surface area contributed by atoms with Gasteiger partial charge in [-0.15, -0.1) is 4.36 Å². The summed E-state index contributed by atoms with van der Waals surface area (Å²) in [5.74, 6) is -3.74. The molecule has 0 saturated heterocycles. The Morgan fingerprint density at radius 3 is 2.56 bits per heavy atom. The summed E-state index contributed by atoms with van der Waals surface area (Å²) >= 11 is 0. The number of rotatable bonds is 3. The van der Waals surface area contributed by atoms with Gasteiger partial charge in [0.05, 0.1) is 26.3 Å². The highest BCUT2D eigenvalue weighted by molar-refractivity contribution is 7.93. The average Bonchev–Trinajstić information content (AvgIpc) is 2.89. The van der Waals surface area contributed by atoms with Gasteiger partial charge in [0.1, 0.15) is 17.3 Å². The van der Waals surface area contributed by atoms with E-state index in [4.69, 9.17) is 15.3 Å². The second kappa shape index (κ2) is 6.60. The second-order valence-corrected chi connectivity index (χ2v) is 8.34. The lowest BCUT2D eigenvalue weighted by Crippen LogP contribution is -2.15. The van der Waals surface area contributed by atoms with Gasteiger partial charge in [-0.3, -0.25) is 0 Å². The van der Waals surface area contributed by atoms with Crippen LogP contribution in [0.15, 0.2) is 39.6 Å². The van der Waals surface area contributed by atoms with Crippen LogP contribution in [0.1, 0.15) is 16.7 Å². The van der Waals surface area contributed by atoms with E-state index in [1.807, 2.05) is 0 Å². The molecule has 2 aromatic carbocycles. The predicted octanol–water partition coefficient (Wildman–Crippen LogP) is 4.16. The van der Waals surface area contributed by atoms with Gasteiger partial charge in [-0.1, -0.05) is 0 Å². The topological polar surface area (TPSA) is 86.2 Å². The third-order valence-electron chi connectivity index (χ3n) is 4.07. The molecule has 0 spiro atoms. The largest absolute Gasteiger partial charge is 0.457 e. The molecule has 0 fully saturated rings. The van der Waals surface area contributed by atoms with Crippen LogP contribution in [0.3, 0.4) is 0 Å². The molecule has 2 aromatic rings. The SMILES string of the molecule is CS(=O)(=NC#N)c1ccc(Oc2cc(F)cc(C#N)c2)c2c1CC(F)(F)C2. The molecule has 1 unspecified atom stereocenters. The van der Waals surface area contributed by atoms with Gasteiger partial charge >= 0.3 is 0 Å². The number of benzene rings is 2. The fourth-order valence-corrected chi connectivity index (χ4v) is 4.24. The van der Waals surface area contributed by atoms with Crippen molar-refractivity contribution in [1.82, 2.24) is 0 Å². The normalized spacial score (nSPS) is 16.5. The monoisotopic (exact) mass is 391 g/mol. The summed E-state index contributed by atoms with van der Waals surface area (Å²) in [6, 6.07) is 7.77. The highest BCUT2D eigenvalue weighted by Crippen LogP contribution is 2.43. The summed E-state index contributed by atoms with van der Waals surface area (Å²) in [5, 5.41) is 17.6. The van der Waals surface area contributed by atoms with Crippen LogP contribution in [0.25, 0.3) is 0 Å². The summed E-state index contributed by atoms with van der Waals surface area (Å²) in [4.78, 5) is 0.0560. The minimum absolute atomic E-state index is 0.0179. The molecule has 0 aliphatic heterocycles. The van der Waals surface area contributed by atoms with Gasteiger partial charge in [0.2, 0.25) is 6.19 Å². The van der Waals surface area contributed by atoms with Crippen molar-refractivity contribution in [3.05, 3.63) is 52.8 Å². The molecule has 1 aliphatic rings. The lowest BCUT2D eigenvalue weighted by Gasteiger charge is -2.14. The van der Waals surface area contributed by atoms with E-state index >= 15 is 0 Å². The van der Waals surface area contributed by atoms with E-state index in [2.05, 4.69) is 4.36 Å². The van der Waals surface area contributed by atoms with Crippen molar-refractivity contribution in [1.29, 1.82) is 10.5 Å². The van der Waals surface area contributed by atoms with Gasteiger partial charge in [0.25, 0.3) is 5.92 Å². The van der Waals surface area contributed by atoms with Crippen LogP contribution >= 0.6 is 0 Å². The molecular formula is C18H12F3N3O2S. The van der Waals surface area contributed by atoms with Gasteiger partial charge in [-0.25, -0.2) is 17.4 Å². The van der Waals surface area contributed by atoms with Crippen molar-refractivity contribution >= 4 is 9.73 Å². The zero-order valence-electron chi connectivity index (χ0n) is 14.0. The van der Waals surface area contributed by atoms with Crippen molar-refractivity contribution < 1.29 is 22.1 Å². The Bertz CT molecular complexity index is 1140. The maximum atomic E-state index is 14.0. The van der Waals surface area contributed by atoms with Crippen LogP contribution in [0.5, 0.6) is 11.5 Å². The highest BCUT2D eigenvalue weighted by Gasteiger charge is 2.41. The van der Waals surface area contributed by atoms with Crippen molar-refractivity contribution in [2.24, 2.45) is 4.36 Å². The van der Waals surface area contributed by atoms with E-state index in [0.717, 1.165) is 12.1 Å². The Balaban J connectivity index is 2.13. The third kappa shape index (κ3) is 3.74. The van der Waals surface area contributed by atoms with Crippen LogP contribution in [-0.4, -0.2) is 16.4 Å². The van der Waals surface area contributed by atoms with Crippen LogP contribution in [0, 0.1) is 28.6 Å². The molecule has 0 heterocycles. The fourth-order valence-electron chi connectivity index (χ4n) is 3.01. The first-order valence-corrected chi connectivity index (χ1v) is 9.59. The summed E-state index contributed by atoms with van der Waals surface area (Å²) in [7, 11) is -3.17. The minimum Gasteiger partial charge on any atom is -0.457 e. The highest BCUT2D eigenvalue weighted by atomic mass is 32.2. The number of ether oxygens (including phenoxy) is 1. The number of halogens is 3. The lowest BCUT2D eigenvalue weighted by molar-refractivity contribution is 0.0125. The van der Waals surface area contributed by atoms with Crippen molar-refractivity contribution in [2.75, 3.05) is 6.26 Å². The molecule has 1 atom stereocenters. The van der Waals surface area contributed by atoms with E-state index < -0.39 is 34.3 Å². The quantitative estimate of drug-likeness (QED) is 0.735. The van der Waals surface area contributed by atoms with Crippen LogP contribution < -0.4 is 4.74 Å². The van der Waals surface area contributed by atoms with Gasteiger partial charge in [-0.2, -0.15) is 10.5 Å². The van der Waals surface area contributed by atoms with Crippen LogP contribution in [-0.2, 0) is 22.6 Å². The Kier molecular flexibility index (Phi) is 4.58. The van der Waals surface area contributed by atoms with Gasteiger partial charge in [0.15, 0.2) is 0 Å². The van der Waals surface area contributed by atoms with E-state index in [1.54, 1.807) is 6.07 Å². The van der Waals surface area contributed by atoms with E-state index in [1.165, 1.54) is 30.6 Å². The number of fused-ring (bicyclic) bond motifs is 1. The number of nitriles is 2. The zero-order chi connectivity index (χ0) is 19.8. The standard InChI is InChI=1S/C18H12F3N3O2S/c1-27(25,24-10-23)17-3-2-16(14-7-18(20,21)8-15(14)17)26-13-5-11(9-22)4-12(19)6-13/h2-6H,7-8H2,1H3. The Morgan fingerprint density at radius 2 is 1.89 bits per heavy atom. The third-order valence-corrected chi connectivity index (χ3v) is 5.70. The Morgan fingerprint density at radius 1 is 1.19 bits per heavy atom. The second-order valence-electron chi connectivity index (χ2n) is 6.11. The summed E-state index contributed by atoms with van der Waals surface area (Å²) in [6.07, 6.45) is 1.35. The number of hydrogen-bond acceptors (Lipinski definition) is 5. The first-order chi connectivity index (χ1) is 12.6. The fraction of sp³-hybridized carbons (Fsp3) is 0.222. The molecule has 5 nitrogen and oxygen atoms in total. The Labute approximate surface area is 153 Å². The molecule has 0 aromatic heterocycles. The Hall–Kier alpha value is -3.04. The molecule has 0 bridgehead atoms. The smallest absolute Gasteiger partial charge is 0.256 e. The molecular weight excluding hydrogens is 379 g/mol. The molecule has 27 heavy (non-hydrogen) atoms. The van der Waals surface area contributed by atoms with E-state index in [0.29, 0.717) is 0 Å². The lowest BCUT2D eigenvalue weighted by atomic mass is 10.1. The number of nitrogens with zero attached hydrogens (tertiary/aromatic N) is 3. The minimum atomic E-state index is -3.17. The molecule has 9 heteroatoms. The molecule has 0 radical (unpaired) electrons. The maximum Gasteiger partial charge on any atom is 0.256 e. The van der Waals surface area contributed by atoms with Crippen LogP contribution in [0.4, 0.5) is 13.2 Å². The molecule has 138 valence electrons. The predicted molar refractivity (Wildman–Crippen MR) is 90.4 cm³/mol. The van der Waals surface area contributed by atoms with E-state index in [-0.39, 0.29) is 33.1 Å². The van der Waals surface area contributed by atoms with Gasteiger partial charge in [0, 0.05) is 30.7 Å². The van der Waals surface area contributed by atoms with Crippen molar-refractivity contribution in [3.63, 3.8) is 0 Å². The van der Waals surface area contributed by atoms with Crippen molar-refractivity contribution in [3.8, 4) is 23.8 Å². The molecule has 3 rings (SSSR count). The molecule has 1 aliphatic carbocycles. The molecule has 0 N–H and O–H groups in total. The first kappa shape index (κ1) is 18.7. The number of hydrogen-bond donors (Lipinski definition) is 0. The average molecular weight is 391 g/mol. The first-order valence-electron chi connectivity index (χ1n) is 7.66. The molecule has 0 saturated carbocycles. The molecule has 0 amide bonds. The van der Waals surface area contributed by atoms with Crippen molar-refractivity contribution in [2.45, 2.75) is 23.7 Å².